The van der Waals surface area contributed by atoms with Crippen LogP contribution in [0, 0.1) is 11.8 Å². The lowest BCUT2D eigenvalue weighted by Crippen LogP contribution is -2.43. The lowest BCUT2D eigenvalue weighted by Gasteiger charge is -2.19. The average molecular weight is 538 g/mol. The molecule has 2 N–H and O–H groups in total. The number of amides is 4. The van der Waals surface area contributed by atoms with E-state index in [4.69, 9.17) is 0 Å². The van der Waals surface area contributed by atoms with Crippen molar-refractivity contribution in [2.45, 2.75) is 78.7 Å². The summed E-state index contributed by atoms with van der Waals surface area (Å²) in [5.74, 6) is -1.90. The molecule has 3 atom stereocenters. The topological polar surface area (TPSA) is 147 Å². The Kier molecular flexibility index (Phi) is 14.7. The number of ketones is 3. The Balaban J connectivity index is 2.26. The number of imide groups is 1. The molecule has 0 unspecified atom stereocenters. The first kappa shape index (κ1) is 32.2. The van der Waals surface area contributed by atoms with E-state index in [1.54, 1.807) is 39.5 Å². The quantitative estimate of drug-likeness (QED) is 0.144. The molecule has 1 heterocycles. The van der Waals surface area contributed by atoms with Crippen LogP contribution < -0.4 is 10.6 Å². The van der Waals surface area contributed by atoms with E-state index in [-0.39, 0.29) is 49.1 Å². The van der Waals surface area contributed by atoms with Crippen LogP contribution >= 0.6 is 11.8 Å². The molecule has 37 heavy (non-hydrogen) atoms. The summed E-state index contributed by atoms with van der Waals surface area (Å²) in [6.45, 7) is 6.31. The molecule has 10 nitrogen and oxygen atoms in total. The Morgan fingerprint density at radius 1 is 0.865 bits per heavy atom. The van der Waals surface area contributed by atoms with Crippen LogP contribution in [0.5, 0.6) is 0 Å². The van der Waals surface area contributed by atoms with Gasteiger partial charge in [-0.3, -0.25) is 33.7 Å². The van der Waals surface area contributed by atoms with E-state index >= 15 is 0 Å². The van der Waals surface area contributed by atoms with Gasteiger partial charge in [-0.1, -0.05) is 20.3 Å². The molecule has 0 aromatic carbocycles. The maximum absolute atomic E-state index is 12.5. The van der Waals surface area contributed by atoms with Crippen LogP contribution in [0.1, 0.15) is 72.6 Å². The molecule has 0 aromatic heterocycles. The summed E-state index contributed by atoms with van der Waals surface area (Å²) in [4.78, 5) is 84.4. The summed E-state index contributed by atoms with van der Waals surface area (Å²) >= 11 is 1.58. The summed E-state index contributed by atoms with van der Waals surface area (Å²) in [6.07, 6.45) is 5.57. The number of carbonyl (C=O) groups excluding carboxylic acids is 7. The molecular weight excluding hydrogens is 498 g/mol. The average Bonchev–Trinajstić information content (AvgIpc) is 3.15. The molecule has 206 valence electrons. The molecule has 0 saturated heterocycles. The maximum Gasteiger partial charge on any atom is 0.253 e. The van der Waals surface area contributed by atoms with Crippen LogP contribution in [-0.2, 0) is 33.6 Å². The summed E-state index contributed by atoms with van der Waals surface area (Å²) in [5, 5.41) is 5.40. The first-order chi connectivity index (χ1) is 17.4. The Bertz CT molecular complexity index is 885. The zero-order valence-electron chi connectivity index (χ0n) is 22.2. The SMILES string of the molecule is CC(=O)CCCCCSCNC(=O)[C@H](C)CC(=O)[C@@H](C)NC(=O)[C@H](C)CC(=O)CCN1C(=O)C=CC1=O. The first-order valence-corrected chi connectivity index (χ1v) is 13.8. The van der Waals surface area contributed by atoms with Crippen molar-refractivity contribution in [3.63, 3.8) is 0 Å². The van der Waals surface area contributed by atoms with Gasteiger partial charge in [0.2, 0.25) is 11.8 Å². The Morgan fingerprint density at radius 2 is 1.49 bits per heavy atom. The normalized spacial score (nSPS) is 15.3. The fourth-order valence-corrected chi connectivity index (χ4v) is 4.35. The third kappa shape index (κ3) is 12.8. The van der Waals surface area contributed by atoms with Gasteiger partial charge in [0.05, 0.1) is 11.9 Å². The molecule has 0 fully saturated rings. The number of nitrogens with one attached hydrogen (secondary N) is 2. The third-order valence-electron chi connectivity index (χ3n) is 5.96. The molecule has 1 aliphatic heterocycles. The molecule has 0 radical (unpaired) electrons. The van der Waals surface area contributed by atoms with E-state index in [0.29, 0.717) is 12.3 Å². The van der Waals surface area contributed by atoms with Gasteiger partial charge in [-0.25, -0.2) is 0 Å². The Labute approximate surface area is 222 Å². The molecule has 0 aromatic rings. The number of unbranched alkanes of at least 4 members (excludes halogenated alkanes) is 2. The summed E-state index contributed by atoms with van der Waals surface area (Å²) in [5.41, 5.74) is 0. The van der Waals surface area contributed by atoms with Crippen molar-refractivity contribution in [2.75, 3.05) is 18.2 Å². The van der Waals surface area contributed by atoms with E-state index < -0.39 is 35.6 Å². The minimum absolute atomic E-state index is 0.0256. The smallest absolute Gasteiger partial charge is 0.253 e. The number of hydrogen-bond donors (Lipinski definition) is 2. The van der Waals surface area contributed by atoms with Crippen molar-refractivity contribution in [1.29, 1.82) is 0 Å². The van der Waals surface area contributed by atoms with Gasteiger partial charge in [0, 0.05) is 56.2 Å². The van der Waals surface area contributed by atoms with Crippen molar-refractivity contribution in [3.8, 4) is 0 Å². The number of nitrogens with zero attached hydrogens (tertiary/aromatic N) is 1. The van der Waals surface area contributed by atoms with Gasteiger partial charge in [0.1, 0.15) is 11.6 Å². The summed E-state index contributed by atoms with van der Waals surface area (Å²) in [7, 11) is 0. The van der Waals surface area contributed by atoms with Crippen LogP contribution in [0.4, 0.5) is 0 Å². The largest absolute Gasteiger partial charge is 0.347 e. The Morgan fingerprint density at radius 3 is 2.11 bits per heavy atom. The van der Waals surface area contributed by atoms with Crippen LogP contribution in [0.2, 0.25) is 0 Å². The van der Waals surface area contributed by atoms with Crippen molar-refractivity contribution in [1.82, 2.24) is 15.5 Å². The second-order valence-corrected chi connectivity index (χ2v) is 10.6. The van der Waals surface area contributed by atoms with Gasteiger partial charge in [-0.15, -0.1) is 11.8 Å². The zero-order valence-corrected chi connectivity index (χ0v) is 23.0. The minimum Gasteiger partial charge on any atom is -0.347 e. The standard InChI is InChI=1S/C26H39N3O7S/c1-17(14-21(31)11-12-29-23(33)9-10-24(29)34)26(36)28-20(4)22(32)15-18(2)25(35)27-16-37-13-7-5-6-8-19(3)30/h9-10,17-18,20H,5-8,11-16H2,1-4H3,(H,27,35)(H,28,36)/t17-,18-,20-/m1/s1. The fraction of sp³-hybridized carbons (Fsp3) is 0.654. The molecule has 0 saturated carbocycles. The highest BCUT2D eigenvalue weighted by molar-refractivity contribution is 7.99. The van der Waals surface area contributed by atoms with Gasteiger partial charge in [-0.05, 0) is 32.4 Å². The second kappa shape index (κ2) is 16.8. The summed E-state index contributed by atoms with van der Waals surface area (Å²) in [6, 6.07) is -0.810. The van der Waals surface area contributed by atoms with Gasteiger partial charge < -0.3 is 15.4 Å². The molecule has 0 bridgehead atoms. The van der Waals surface area contributed by atoms with Gasteiger partial charge in [0.25, 0.3) is 11.8 Å². The van der Waals surface area contributed by atoms with Gasteiger partial charge >= 0.3 is 0 Å². The highest BCUT2D eigenvalue weighted by atomic mass is 32.2. The van der Waals surface area contributed by atoms with Crippen molar-refractivity contribution < 1.29 is 33.6 Å². The minimum atomic E-state index is -0.810. The van der Waals surface area contributed by atoms with Gasteiger partial charge in [-0.2, -0.15) is 0 Å². The van der Waals surface area contributed by atoms with Crippen LogP contribution in [-0.4, -0.2) is 70.1 Å². The molecule has 1 rings (SSSR count). The number of hydrogen-bond acceptors (Lipinski definition) is 8. The third-order valence-corrected chi connectivity index (χ3v) is 6.88. The number of Topliss-reactive ketones (excluding diaryl/α,β-unsaturated/α-hetero) is 3. The second-order valence-electron chi connectivity index (χ2n) is 9.46. The van der Waals surface area contributed by atoms with Crippen LogP contribution in [0.15, 0.2) is 12.2 Å². The highest BCUT2D eigenvalue weighted by Gasteiger charge is 2.26. The molecule has 0 spiro atoms. The predicted octanol–water partition coefficient (Wildman–Crippen LogP) is 1.95. The molecule has 4 amide bonds. The molecule has 0 aliphatic carbocycles. The molecular formula is C26H39N3O7S. The van der Waals surface area contributed by atoms with E-state index in [9.17, 15) is 33.6 Å². The van der Waals surface area contributed by atoms with E-state index in [1.807, 2.05) is 0 Å². The summed E-state index contributed by atoms with van der Waals surface area (Å²) < 4.78 is 0. The monoisotopic (exact) mass is 537 g/mol. The van der Waals surface area contributed by atoms with Crippen LogP contribution in [0.3, 0.4) is 0 Å². The number of thioether (sulfide) groups is 1. The van der Waals surface area contributed by atoms with E-state index in [0.717, 1.165) is 42.1 Å². The van der Waals surface area contributed by atoms with Crippen LogP contribution in [0.25, 0.3) is 0 Å². The van der Waals surface area contributed by atoms with Crippen molar-refractivity contribution in [3.05, 3.63) is 12.2 Å². The zero-order chi connectivity index (χ0) is 28.0. The fourth-order valence-electron chi connectivity index (χ4n) is 3.56. The number of carbonyl (C=O) groups is 7. The first-order valence-electron chi connectivity index (χ1n) is 12.7. The maximum atomic E-state index is 12.5. The predicted molar refractivity (Wildman–Crippen MR) is 140 cm³/mol. The Hall–Kier alpha value is -2.82. The van der Waals surface area contributed by atoms with Crippen molar-refractivity contribution in [2.24, 2.45) is 11.8 Å². The van der Waals surface area contributed by atoms with E-state index in [2.05, 4.69) is 10.6 Å². The van der Waals surface area contributed by atoms with Gasteiger partial charge in [0.15, 0.2) is 5.78 Å². The molecule has 11 heteroatoms. The van der Waals surface area contributed by atoms with E-state index in [1.165, 1.54) is 0 Å². The molecule has 1 aliphatic rings. The highest BCUT2D eigenvalue weighted by Crippen LogP contribution is 2.11. The van der Waals surface area contributed by atoms with Crippen molar-refractivity contribution >= 4 is 52.7 Å². The number of rotatable bonds is 19. The lowest BCUT2D eigenvalue weighted by atomic mass is 9.98. The lowest BCUT2D eigenvalue weighted by molar-refractivity contribution is -0.137.